The molecule has 0 aliphatic carbocycles. The van der Waals surface area contributed by atoms with E-state index >= 15 is 0 Å². The molecule has 0 saturated carbocycles. The van der Waals surface area contributed by atoms with Crippen LogP contribution in [-0.2, 0) is 53.6 Å². The standard InChI is InChI=1S/Cu.Mn.Pb.Zn.2H. The van der Waals surface area contributed by atoms with Gasteiger partial charge in [-0.3, -0.25) is 0 Å². The third kappa shape index (κ3) is 8.82. The predicted molar refractivity (Wildman–Crippen MR) is 8.54 cm³/mol. The Kier molecular flexibility index (Phi) is 135. The van der Waals surface area contributed by atoms with Gasteiger partial charge in [0.15, 0.2) is 0 Å². The summed E-state index contributed by atoms with van der Waals surface area (Å²) in [6.45, 7) is 0. The molecule has 0 bridgehead atoms. The fraction of sp³-hybridized carbons (Fsp3) is 0. The van der Waals surface area contributed by atoms with Gasteiger partial charge in [0.25, 0.3) is 0 Å². The maximum atomic E-state index is 0. The predicted octanol–water partition coefficient (Wildman–Crippen LogP) is -0.924. The second-order valence-corrected chi connectivity index (χ2v) is 0. The van der Waals surface area contributed by atoms with Crippen LogP contribution < -0.4 is 0 Å². The number of hydrogen-bond donors (Lipinski definition) is 0. The summed E-state index contributed by atoms with van der Waals surface area (Å²) in [6, 6.07) is 0. The van der Waals surface area contributed by atoms with Crippen molar-refractivity contribution in [3.63, 3.8) is 0 Å². The fourth-order valence-electron chi connectivity index (χ4n) is 0. The van der Waals surface area contributed by atoms with Crippen molar-refractivity contribution in [1.82, 2.24) is 0 Å². The van der Waals surface area contributed by atoms with E-state index in [4.69, 9.17) is 0 Å². The van der Waals surface area contributed by atoms with E-state index in [-0.39, 0.29) is 80.9 Å². The minimum absolute atomic E-state index is 0. The van der Waals surface area contributed by atoms with Crippen molar-refractivity contribution in [2.45, 2.75) is 0 Å². The normalized spacial score (nSPS) is 0. The maximum absolute atomic E-state index is 0. The minimum Gasteiger partial charge on any atom is 0 e. The molecule has 0 aromatic heterocycles. The average Bonchev–Trinajstić information content (AvgIpc) is 0. The number of hydrogen-bond acceptors (Lipinski definition) is 0. The van der Waals surface area contributed by atoms with E-state index in [9.17, 15) is 0 Å². The van der Waals surface area contributed by atoms with Crippen LogP contribution in [0.1, 0.15) is 0 Å². The third-order valence-electron chi connectivity index (χ3n) is 0. The van der Waals surface area contributed by atoms with Crippen LogP contribution >= 0.6 is 0 Å². The van der Waals surface area contributed by atoms with Gasteiger partial charge in [-0.25, -0.2) is 0 Å². The van der Waals surface area contributed by atoms with Gasteiger partial charge in [-0.05, 0) is 0 Å². The van der Waals surface area contributed by atoms with Gasteiger partial charge in [0.2, 0.25) is 0 Å². The quantitative estimate of drug-likeness (QED) is 0.467. The summed E-state index contributed by atoms with van der Waals surface area (Å²) >= 11 is 0. The summed E-state index contributed by atoms with van der Waals surface area (Å²) in [5.41, 5.74) is 0. The minimum atomic E-state index is 0. The molecule has 4 heavy (non-hydrogen) atoms. The molecule has 0 spiro atoms. The molecule has 0 aliphatic heterocycles. The second kappa shape index (κ2) is 17.6. The third-order valence-corrected chi connectivity index (χ3v) is 0. The molecule has 0 atom stereocenters. The maximum Gasteiger partial charge on any atom is 0 e. The molecule has 0 rings (SSSR count). The zero-order chi connectivity index (χ0) is 0. The molecule has 0 nitrogen and oxygen atoms in total. The molecule has 0 aromatic carbocycles. The first-order valence-electron chi connectivity index (χ1n) is 0. The second-order valence-electron chi connectivity index (χ2n) is 0. The molecule has 0 saturated heterocycles. The smallest absolute Gasteiger partial charge is 0 e. The van der Waals surface area contributed by atoms with Gasteiger partial charge in [-0.2, -0.15) is 0 Å². The van der Waals surface area contributed by atoms with E-state index in [1.165, 1.54) is 0 Å². The molecule has 0 fully saturated rings. The summed E-state index contributed by atoms with van der Waals surface area (Å²) in [5.74, 6) is 0. The molecule has 26 valence electrons. The van der Waals surface area contributed by atoms with Crippen LogP contribution in [0.4, 0.5) is 0 Å². The first-order chi connectivity index (χ1) is 0. The Morgan fingerprint density at radius 3 is 1.00 bits per heavy atom. The Morgan fingerprint density at radius 2 is 1.00 bits per heavy atom. The van der Waals surface area contributed by atoms with Crippen molar-refractivity contribution < 1.29 is 53.6 Å². The van der Waals surface area contributed by atoms with Crippen molar-refractivity contribution >= 4 is 27.3 Å². The van der Waals surface area contributed by atoms with Crippen LogP contribution in [0.15, 0.2) is 0 Å². The molecular formula is H2CuMnPbZn. The van der Waals surface area contributed by atoms with Crippen LogP contribution in [0.25, 0.3) is 0 Å². The van der Waals surface area contributed by atoms with Gasteiger partial charge in [0, 0.05) is 53.6 Å². The van der Waals surface area contributed by atoms with E-state index in [0.29, 0.717) is 0 Å². The van der Waals surface area contributed by atoms with Crippen LogP contribution in [0.2, 0.25) is 0 Å². The van der Waals surface area contributed by atoms with Crippen LogP contribution in [-0.4, -0.2) is 27.3 Å². The van der Waals surface area contributed by atoms with Gasteiger partial charge in [-0.1, -0.05) is 0 Å². The average molecular weight is 393 g/mol. The summed E-state index contributed by atoms with van der Waals surface area (Å²) in [5, 5.41) is 0. The Morgan fingerprint density at radius 1 is 1.00 bits per heavy atom. The van der Waals surface area contributed by atoms with Crippen molar-refractivity contribution in [2.75, 3.05) is 0 Å². The molecule has 4 heteroatoms. The number of rotatable bonds is 0. The van der Waals surface area contributed by atoms with E-state index in [2.05, 4.69) is 0 Å². The Hall–Kier alpha value is 2.58. The summed E-state index contributed by atoms with van der Waals surface area (Å²) in [4.78, 5) is 0. The van der Waals surface area contributed by atoms with Gasteiger partial charge < -0.3 is 0 Å². The van der Waals surface area contributed by atoms with Gasteiger partial charge >= 0.3 is 27.3 Å². The molecule has 0 heterocycles. The zero-order valence-electron chi connectivity index (χ0n) is 2.09. The van der Waals surface area contributed by atoms with Crippen molar-refractivity contribution in [2.24, 2.45) is 0 Å². The van der Waals surface area contributed by atoms with E-state index < -0.39 is 0 Å². The van der Waals surface area contributed by atoms with Crippen molar-refractivity contribution in [3.8, 4) is 0 Å². The van der Waals surface area contributed by atoms with Crippen LogP contribution in [0.5, 0.6) is 0 Å². The van der Waals surface area contributed by atoms with E-state index in [1.54, 1.807) is 0 Å². The van der Waals surface area contributed by atoms with Crippen LogP contribution in [0.3, 0.4) is 0 Å². The monoisotopic (exact) mass is 392 g/mol. The van der Waals surface area contributed by atoms with E-state index in [0.717, 1.165) is 0 Å². The molecule has 0 aromatic rings. The Bertz CT molecular complexity index is 8.00. The molecule has 0 unspecified atom stereocenters. The van der Waals surface area contributed by atoms with Crippen molar-refractivity contribution in [1.29, 1.82) is 0 Å². The topological polar surface area (TPSA) is 0 Å². The molecular weight excluding hydrogens is 391 g/mol. The SMILES string of the molecule is [Cu].[Mn].[PbH2].[Zn]. The Balaban J connectivity index is 0. The zero-order valence-corrected chi connectivity index (χ0v) is 12.7. The van der Waals surface area contributed by atoms with Crippen molar-refractivity contribution in [3.05, 3.63) is 0 Å². The van der Waals surface area contributed by atoms with E-state index in [1.807, 2.05) is 0 Å². The molecule has 0 aliphatic rings. The summed E-state index contributed by atoms with van der Waals surface area (Å²) in [7, 11) is 0. The van der Waals surface area contributed by atoms with Gasteiger partial charge in [0.05, 0.1) is 0 Å². The van der Waals surface area contributed by atoms with Crippen LogP contribution in [0, 0.1) is 0 Å². The Labute approximate surface area is 79.7 Å². The molecule has 0 N–H and O–H groups in total. The summed E-state index contributed by atoms with van der Waals surface area (Å²) in [6.07, 6.45) is 0. The molecule has 0 amide bonds. The summed E-state index contributed by atoms with van der Waals surface area (Å²) < 4.78 is 0. The first-order valence-corrected chi connectivity index (χ1v) is 0. The van der Waals surface area contributed by atoms with Gasteiger partial charge in [0.1, 0.15) is 0 Å². The molecule has 4 radical (unpaired) electrons. The fourth-order valence-corrected chi connectivity index (χ4v) is 0. The largest absolute Gasteiger partial charge is 0 e. The first kappa shape index (κ1) is 30.7. The van der Waals surface area contributed by atoms with Gasteiger partial charge in [-0.15, -0.1) is 0 Å².